The minimum absolute atomic E-state index is 0.722. The lowest BCUT2D eigenvalue weighted by Crippen LogP contribution is -2.06. The van der Waals surface area contributed by atoms with Gasteiger partial charge >= 0.3 is 0 Å². The number of benzene rings is 1. The Balaban J connectivity index is 2.38. The molecule has 384 valence electrons. The van der Waals surface area contributed by atoms with Crippen LogP contribution < -0.4 is 14.2 Å². The zero-order chi connectivity index (χ0) is 46.8. The van der Waals surface area contributed by atoms with E-state index in [1.165, 1.54) is 288 Å². The van der Waals surface area contributed by atoms with Crippen LogP contribution in [0.5, 0.6) is 17.2 Å². The van der Waals surface area contributed by atoms with Gasteiger partial charge in [-0.25, -0.2) is 0 Å². The average molecular weight is 976 g/mol. The molecule has 0 aliphatic rings. The van der Waals surface area contributed by atoms with E-state index in [-0.39, 0.29) is 0 Å². The van der Waals surface area contributed by atoms with Gasteiger partial charge in [-0.3, -0.25) is 0 Å². The van der Waals surface area contributed by atoms with Crippen molar-refractivity contribution in [2.24, 2.45) is 0 Å². The summed E-state index contributed by atoms with van der Waals surface area (Å²) in [6.45, 7) is 11.3. The SMILES string of the molecule is CCCCCCCCCCCCCCCCCCOc1cc(C)cc(OCCCCCCCCCC(Br)CCCCCCCC)c1OCCCCCCCCCCCCCCCCCC. The molecule has 1 aromatic rings. The number of hydrogen-bond donors (Lipinski definition) is 0. The van der Waals surface area contributed by atoms with Crippen LogP contribution in [0.15, 0.2) is 12.1 Å². The molecule has 0 aromatic heterocycles. The average Bonchev–Trinajstić information content (AvgIpc) is 3.30. The molecule has 1 unspecified atom stereocenters. The van der Waals surface area contributed by atoms with E-state index in [2.05, 4.69) is 55.8 Å². The molecule has 1 rings (SSSR count). The molecule has 0 saturated carbocycles. The van der Waals surface area contributed by atoms with Crippen LogP contribution in [0.2, 0.25) is 0 Å². The van der Waals surface area contributed by atoms with Crippen LogP contribution in [0, 0.1) is 6.92 Å². The van der Waals surface area contributed by atoms with Gasteiger partial charge in [0, 0.05) is 4.83 Å². The standard InChI is InChI=1S/C61H115BrO3/c1-5-8-11-14-17-19-21-23-25-27-29-31-33-37-42-47-52-63-59-55-57(4)56-60(64-53-48-43-39-35-36-41-46-51-58(62)50-45-40-16-13-10-7-3)61(59)65-54-49-44-38-34-32-30-28-26-24-22-20-18-15-12-9-6-2/h55-56,58H,5-54H2,1-4H3. The molecule has 4 heteroatoms. The summed E-state index contributed by atoms with van der Waals surface area (Å²) < 4.78 is 19.6. The quantitative estimate of drug-likeness (QED) is 0.0481. The molecule has 0 N–H and O–H groups in total. The number of unbranched alkanes of at least 4 members (excludes halogenated alkanes) is 41. The van der Waals surface area contributed by atoms with Crippen molar-refractivity contribution < 1.29 is 14.2 Å². The first-order valence-electron chi connectivity index (χ1n) is 29.8. The van der Waals surface area contributed by atoms with Gasteiger partial charge in [0.1, 0.15) is 0 Å². The van der Waals surface area contributed by atoms with Crippen LogP contribution in [-0.2, 0) is 0 Å². The molecule has 0 aliphatic heterocycles. The largest absolute Gasteiger partial charge is 0.490 e. The fraction of sp³-hybridized carbons (Fsp3) is 0.902. The summed E-state index contributed by atoms with van der Waals surface area (Å²) in [6, 6.07) is 4.35. The Labute approximate surface area is 417 Å². The van der Waals surface area contributed by atoms with Crippen molar-refractivity contribution in [3.8, 4) is 17.2 Å². The Kier molecular flexibility index (Phi) is 48.7. The highest BCUT2D eigenvalue weighted by Crippen LogP contribution is 2.39. The molecule has 0 fully saturated rings. The van der Waals surface area contributed by atoms with Crippen molar-refractivity contribution in [1.82, 2.24) is 0 Å². The zero-order valence-corrected chi connectivity index (χ0v) is 46.3. The highest BCUT2D eigenvalue weighted by molar-refractivity contribution is 9.09. The van der Waals surface area contributed by atoms with E-state index in [1.54, 1.807) is 0 Å². The molecule has 1 aromatic carbocycles. The molecule has 0 radical (unpaired) electrons. The number of alkyl halides is 1. The monoisotopic (exact) mass is 975 g/mol. The van der Waals surface area contributed by atoms with E-state index in [0.29, 0.717) is 0 Å². The van der Waals surface area contributed by atoms with E-state index in [9.17, 15) is 0 Å². The Morgan fingerprint density at radius 1 is 0.308 bits per heavy atom. The van der Waals surface area contributed by atoms with Crippen molar-refractivity contribution in [3.05, 3.63) is 17.7 Å². The normalized spacial score (nSPS) is 12.0. The number of aryl methyl sites for hydroxylation is 1. The molecule has 0 heterocycles. The van der Waals surface area contributed by atoms with E-state index in [1.807, 2.05) is 0 Å². The summed E-state index contributed by atoms with van der Waals surface area (Å²) in [6.07, 6.45) is 64.5. The lowest BCUT2D eigenvalue weighted by Gasteiger charge is -2.18. The summed E-state index contributed by atoms with van der Waals surface area (Å²) in [5, 5.41) is 0. The lowest BCUT2D eigenvalue weighted by atomic mass is 10.0. The molecular formula is C61H115BrO3. The second-order valence-electron chi connectivity index (χ2n) is 20.7. The molecule has 1 atom stereocenters. The molecule has 0 saturated heterocycles. The third kappa shape index (κ3) is 42.9. The maximum Gasteiger partial charge on any atom is 0.203 e. The molecule has 65 heavy (non-hydrogen) atoms. The van der Waals surface area contributed by atoms with Crippen molar-refractivity contribution in [2.45, 2.75) is 334 Å². The van der Waals surface area contributed by atoms with Crippen LogP contribution in [0.25, 0.3) is 0 Å². The van der Waals surface area contributed by atoms with Gasteiger partial charge in [0.25, 0.3) is 0 Å². The fourth-order valence-corrected chi connectivity index (χ4v) is 10.2. The number of hydrogen-bond acceptors (Lipinski definition) is 3. The highest BCUT2D eigenvalue weighted by Gasteiger charge is 2.15. The summed E-state index contributed by atoms with van der Waals surface area (Å²) >= 11 is 3.96. The van der Waals surface area contributed by atoms with Crippen LogP contribution >= 0.6 is 15.9 Å². The van der Waals surface area contributed by atoms with E-state index < -0.39 is 0 Å². The van der Waals surface area contributed by atoms with E-state index in [0.717, 1.165) is 61.2 Å². The third-order valence-corrected chi connectivity index (χ3v) is 14.9. The second kappa shape index (κ2) is 51.0. The molecule has 0 aliphatic carbocycles. The predicted octanol–water partition coefficient (Wildman–Crippen LogP) is 22.3. The molecule has 0 spiro atoms. The van der Waals surface area contributed by atoms with Crippen LogP contribution in [-0.4, -0.2) is 24.6 Å². The summed E-state index contributed by atoms with van der Waals surface area (Å²) in [5.74, 6) is 2.61. The number of ether oxygens (including phenoxy) is 3. The summed E-state index contributed by atoms with van der Waals surface area (Å²) in [7, 11) is 0. The van der Waals surface area contributed by atoms with Gasteiger partial charge in [-0.05, 0) is 56.7 Å². The topological polar surface area (TPSA) is 27.7 Å². The van der Waals surface area contributed by atoms with Gasteiger partial charge in [0.05, 0.1) is 19.8 Å². The van der Waals surface area contributed by atoms with Gasteiger partial charge < -0.3 is 14.2 Å². The van der Waals surface area contributed by atoms with Gasteiger partial charge in [0.15, 0.2) is 11.5 Å². The maximum absolute atomic E-state index is 6.56. The Hall–Kier alpha value is -0.900. The van der Waals surface area contributed by atoms with E-state index in [4.69, 9.17) is 14.2 Å². The first kappa shape index (κ1) is 62.1. The first-order valence-corrected chi connectivity index (χ1v) is 30.7. The smallest absolute Gasteiger partial charge is 0.203 e. The van der Waals surface area contributed by atoms with Gasteiger partial charge in [0.2, 0.25) is 5.75 Å². The van der Waals surface area contributed by atoms with Crippen LogP contribution in [0.1, 0.15) is 328 Å². The minimum atomic E-state index is 0.722. The van der Waals surface area contributed by atoms with Gasteiger partial charge in [-0.2, -0.15) is 0 Å². The Morgan fingerprint density at radius 2 is 0.523 bits per heavy atom. The van der Waals surface area contributed by atoms with Crippen LogP contribution in [0.4, 0.5) is 0 Å². The van der Waals surface area contributed by atoms with Crippen molar-refractivity contribution >= 4 is 15.9 Å². The molecular weight excluding hydrogens is 861 g/mol. The summed E-state index contributed by atoms with van der Waals surface area (Å²) in [5.41, 5.74) is 1.19. The molecule has 0 bridgehead atoms. The number of halogens is 1. The Bertz CT molecular complexity index is 1080. The molecule has 0 amide bonds. The summed E-state index contributed by atoms with van der Waals surface area (Å²) in [4.78, 5) is 0.722. The van der Waals surface area contributed by atoms with Gasteiger partial charge in [-0.1, -0.05) is 306 Å². The van der Waals surface area contributed by atoms with Gasteiger partial charge in [-0.15, -0.1) is 0 Å². The van der Waals surface area contributed by atoms with Crippen molar-refractivity contribution in [1.29, 1.82) is 0 Å². The minimum Gasteiger partial charge on any atom is -0.490 e. The zero-order valence-electron chi connectivity index (χ0n) is 44.7. The van der Waals surface area contributed by atoms with E-state index >= 15 is 0 Å². The number of rotatable bonds is 54. The fourth-order valence-electron chi connectivity index (χ4n) is 9.55. The Morgan fingerprint density at radius 3 is 0.785 bits per heavy atom. The van der Waals surface area contributed by atoms with Crippen molar-refractivity contribution in [3.63, 3.8) is 0 Å². The maximum atomic E-state index is 6.56. The lowest BCUT2D eigenvalue weighted by molar-refractivity contribution is 0.234. The predicted molar refractivity (Wildman–Crippen MR) is 294 cm³/mol. The highest BCUT2D eigenvalue weighted by atomic mass is 79.9. The van der Waals surface area contributed by atoms with Crippen LogP contribution in [0.3, 0.4) is 0 Å². The van der Waals surface area contributed by atoms with Crippen molar-refractivity contribution in [2.75, 3.05) is 19.8 Å². The first-order chi connectivity index (χ1) is 32.1. The molecule has 3 nitrogen and oxygen atoms in total. The second-order valence-corrected chi connectivity index (χ2v) is 22.0. The third-order valence-electron chi connectivity index (χ3n) is 14.0.